The minimum atomic E-state index is -0.187. The molecule has 24 heavy (non-hydrogen) atoms. The fourth-order valence-corrected chi connectivity index (χ4v) is 2.31. The molecule has 2 N–H and O–H groups in total. The molecule has 0 fully saturated rings. The Bertz CT molecular complexity index is 815. The van der Waals surface area contributed by atoms with E-state index in [1.165, 1.54) is 0 Å². The quantitative estimate of drug-likeness (QED) is 0.730. The molecule has 3 rings (SSSR count). The van der Waals surface area contributed by atoms with Crippen LogP contribution in [0.4, 0.5) is 0 Å². The van der Waals surface area contributed by atoms with Gasteiger partial charge in [0.15, 0.2) is 0 Å². The summed E-state index contributed by atoms with van der Waals surface area (Å²) in [5.41, 5.74) is 2.95. The van der Waals surface area contributed by atoms with E-state index in [2.05, 4.69) is 20.5 Å². The lowest BCUT2D eigenvalue weighted by Gasteiger charge is -2.03. The summed E-state index contributed by atoms with van der Waals surface area (Å²) in [7, 11) is 1.62. The third kappa shape index (κ3) is 3.78. The van der Waals surface area contributed by atoms with E-state index in [0.29, 0.717) is 24.4 Å². The van der Waals surface area contributed by atoms with Gasteiger partial charge in [-0.2, -0.15) is 5.10 Å². The summed E-state index contributed by atoms with van der Waals surface area (Å²) in [6, 6.07) is 15.0. The molecule has 1 aromatic carbocycles. The monoisotopic (exact) mass is 322 g/mol. The largest absolute Gasteiger partial charge is 0.497 e. The zero-order valence-corrected chi connectivity index (χ0v) is 13.3. The normalized spacial score (nSPS) is 10.4. The van der Waals surface area contributed by atoms with Gasteiger partial charge in [-0.15, -0.1) is 0 Å². The number of rotatable bonds is 6. The topological polar surface area (TPSA) is 79.9 Å². The van der Waals surface area contributed by atoms with Crippen molar-refractivity contribution in [3.63, 3.8) is 0 Å². The minimum Gasteiger partial charge on any atom is -0.497 e. The molecular formula is C18H18N4O2. The van der Waals surface area contributed by atoms with Crippen LogP contribution in [-0.4, -0.2) is 34.7 Å². The van der Waals surface area contributed by atoms with Crippen molar-refractivity contribution in [2.45, 2.75) is 6.42 Å². The first-order valence-electron chi connectivity index (χ1n) is 7.64. The van der Waals surface area contributed by atoms with Crippen LogP contribution in [0.3, 0.4) is 0 Å². The predicted octanol–water partition coefficient (Wildman–Crippen LogP) is 2.45. The summed E-state index contributed by atoms with van der Waals surface area (Å²) in [6.45, 7) is 0.517. The summed E-state index contributed by atoms with van der Waals surface area (Å²) < 4.78 is 5.20. The lowest BCUT2D eigenvalue weighted by atomic mass is 10.1. The summed E-state index contributed by atoms with van der Waals surface area (Å²) >= 11 is 0. The van der Waals surface area contributed by atoms with E-state index in [0.717, 1.165) is 17.0 Å². The molecule has 0 saturated carbocycles. The molecule has 3 aromatic rings. The van der Waals surface area contributed by atoms with Gasteiger partial charge in [0, 0.05) is 30.4 Å². The number of nitrogens with one attached hydrogen (secondary N) is 2. The van der Waals surface area contributed by atoms with Crippen molar-refractivity contribution in [1.29, 1.82) is 0 Å². The highest BCUT2D eigenvalue weighted by atomic mass is 16.5. The summed E-state index contributed by atoms with van der Waals surface area (Å²) in [5, 5.41) is 9.83. The predicted molar refractivity (Wildman–Crippen MR) is 90.8 cm³/mol. The number of aromatic nitrogens is 3. The van der Waals surface area contributed by atoms with Gasteiger partial charge in [-0.25, -0.2) is 0 Å². The molecule has 1 amide bonds. The molecule has 0 unspecified atom stereocenters. The van der Waals surface area contributed by atoms with Gasteiger partial charge in [0.25, 0.3) is 5.91 Å². The maximum atomic E-state index is 12.2. The van der Waals surface area contributed by atoms with Crippen molar-refractivity contribution in [2.24, 2.45) is 0 Å². The Morgan fingerprint density at radius 3 is 2.92 bits per heavy atom. The Hall–Kier alpha value is -3.15. The Labute approximate surface area is 139 Å². The van der Waals surface area contributed by atoms with Gasteiger partial charge >= 0.3 is 0 Å². The second-order valence-corrected chi connectivity index (χ2v) is 5.23. The van der Waals surface area contributed by atoms with Gasteiger partial charge in [0.2, 0.25) is 0 Å². The van der Waals surface area contributed by atoms with Crippen LogP contribution in [0.2, 0.25) is 0 Å². The van der Waals surface area contributed by atoms with Crippen LogP contribution in [0, 0.1) is 0 Å². The number of nitrogens with zero attached hydrogens (tertiary/aromatic N) is 2. The third-order valence-corrected chi connectivity index (χ3v) is 3.58. The zero-order valence-electron chi connectivity index (χ0n) is 13.3. The second kappa shape index (κ2) is 7.41. The van der Waals surface area contributed by atoms with E-state index in [1.807, 2.05) is 42.5 Å². The van der Waals surface area contributed by atoms with Crippen LogP contribution >= 0.6 is 0 Å². The Morgan fingerprint density at radius 1 is 1.21 bits per heavy atom. The molecule has 6 nitrogen and oxygen atoms in total. The number of benzene rings is 1. The lowest BCUT2D eigenvalue weighted by Crippen LogP contribution is -2.26. The molecule has 0 aliphatic heterocycles. The first-order valence-corrected chi connectivity index (χ1v) is 7.64. The van der Waals surface area contributed by atoms with E-state index in [1.54, 1.807) is 19.4 Å². The van der Waals surface area contributed by atoms with Crippen LogP contribution in [0.25, 0.3) is 11.3 Å². The molecule has 2 heterocycles. The molecule has 2 aromatic heterocycles. The molecule has 122 valence electrons. The van der Waals surface area contributed by atoms with Crippen molar-refractivity contribution in [2.75, 3.05) is 13.7 Å². The number of carbonyl (C=O) groups excluding carboxylic acids is 1. The van der Waals surface area contributed by atoms with Crippen molar-refractivity contribution in [3.8, 4) is 17.0 Å². The highest BCUT2D eigenvalue weighted by Crippen LogP contribution is 2.22. The van der Waals surface area contributed by atoms with Crippen molar-refractivity contribution < 1.29 is 9.53 Å². The lowest BCUT2D eigenvalue weighted by molar-refractivity contribution is 0.0949. The van der Waals surface area contributed by atoms with Crippen LogP contribution in [0.1, 0.15) is 16.2 Å². The molecule has 0 atom stereocenters. The SMILES string of the molecule is COc1cccc(-c2cc(C(=O)NCCc3ccccn3)[nH]n2)c1. The van der Waals surface area contributed by atoms with Gasteiger partial charge in [-0.3, -0.25) is 14.9 Å². The molecule has 0 bridgehead atoms. The number of carbonyl (C=O) groups is 1. The highest BCUT2D eigenvalue weighted by Gasteiger charge is 2.11. The Morgan fingerprint density at radius 2 is 2.12 bits per heavy atom. The molecule has 6 heteroatoms. The van der Waals surface area contributed by atoms with Gasteiger partial charge in [0.05, 0.1) is 12.8 Å². The minimum absolute atomic E-state index is 0.187. The number of methoxy groups -OCH3 is 1. The fraction of sp³-hybridized carbons (Fsp3) is 0.167. The van der Waals surface area contributed by atoms with Gasteiger partial charge in [-0.05, 0) is 30.3 Å². The van der Waals surface area contributed by atoms with Crippen LogP contribution in [0.15, 0.2) is 54.7 Å². The smallest absolute Gasteiger partial charge is 0.269 e. The van der Waals surface area contributed by atoms with Crippen molar-refractivity contribution >= 4 is 5.91 Å². The number of amides is 1. The van der Waals surface area contributed by atoms with E-state index in [4.69, 9.17) is 4.74 Å². The summed E-state index contributed by atoms with van der Waals surface area (Å²) in [6.07, 6.45) is 2.43. The first kappa shape index (κ1) is 15.7. The molecule has 0 radical (unpaired) electrons. The number of hydrogen-bond donors (Lipinski definition) is 2. The maximum Gasteiger partial charge on any atom is 0.269 e. The molecule has 0 aliphatic carbocycles. The van der Waals surface area contributed by atoms with Crippen molar-refractivity contribution in [1.82, 2.24) is 20.5 Å². The average Bonchev–Trinajstić information content (AvgIpc) is 3.13. The number of pyridine rings is 1. The molecule has 0 saturated heterocycles. The van der Waals surface area contributed by atoms with E-state index in [9.17, 15) is 4.79 Å². The molecule has 0 spiro atoms. The van der Waals surface area contributed by atoms with E-state index >= 15 is 0 Å². The van der Waals surface area contributed by atoms with Gasteiger partial charge in [0.1, 0.15) is 11.4 Å². The maximum absolute atomic E-state index is 12.2. The first-order chi connectivity index (χ1) is 11.8. The highest BCUT2D eigenvalue weighted by molar-refractivity contribution is 5.93. The average molecular weight is 322 g/mol. The summed E-state index contributed by atoms with van der Waals surface area (Å²) in [5.74, 6) is 0.560. The molecular weight excluding hydrogens is 304 g/mol. The van der Waals surface area contributed by atoms with Gasteiger partial charge in [-0.1, -0.05) is 18.2 Å². The zero-order chi connectivity index (χ0) is 16.8. The van der Waals surface area contributed by atoms with E-state index in [-0.39, 0.29) is 5.91 Å². The standard InChI is InChI=1S/C18H18N4O2/c1-24-15-7-4-5-13(11-15)16-12-17(22-21-16)18(23)20-10-8-14-6-2-3-9-19-14/h2-7,9,11-12H,8,10H2,1H3,(H,20,23)(H,21,22). The number of aromatic amines is 1. The number of H-pyrrole nitrogens is 1. The molecule has 0 aliphatic rings. The second-order valence-electron chi connectivity index (χ2n) is 5.23. The van der Waals surface area contributed by atoms with Crippen LogP contribution < -0.4 is 10.1 Å². The Kier molecular flexibility index (Phi) is 4.86. The Balaban J connectivity index is 1.61. The van der Waals surface area contributed by atoms with Gasteiger partial charge < -0.3 is 10.1 Å². The fourth-order valence-electron chi connectivity index (χ4n) is 2.31. The van der Waals surface area contributed by atoms with Crippen molar-refractivity contribution in [3.05, 3.63) is 66.1 Å². The number of ether oxygens (including phenoxy) is 1. The third-order valence-electron chi connectivity index (χ3n) is 3.58. The van der Waals surface area contributed by atoms with E-state index < -0.39 is 0 Å². The number of hydrogen-bond acceptors (Lipinski definition) is 4. The van der Waals surface area contributed by atoms with Crippen LogP contribution in [0.5, 0.6) is 5.75 Å². The van der Waals surface area contributed by atoms with Crippen LogP contribution in [-0.2, 0) is 6.42 Å². The summed E-state index contributed by atoms with van der Waals surface area (Å²) in [4.78, 5) is 16.4.